The van der Waals surface area contributed by atoms with E-state index in [1.165, 1.54) is 10.4 Å². The molecule has 1 saturated heterocycles. The second-order valence-electron chi connectivity index (χ2n) is 13.4. The summed E-state index contributed by atoms with van der Waals surface area (Å²) >= 11 is 0. The van der Waals surface area contributed by atoms with E-state index in [1.807, 2.05) is 55.5 Å². The predicted molar refractivity (Wildman–Crippen MR) is 183 cm³/mol. The van der Waals surface area contributed by atoms with Crippen molar-refractivity contribution in [1.29, 1.82) is 0 Å². The first-order valence-electron chi connectivity index (χ1n) is 16.1. The van der Waals surface area contributed by atoms with E-state index < -0.39 is 20.0 Å². The predicted octanol–water partition coefficient (Wildman–Crippen LogP) is 6.66. The van der Waals surface area contributed by atoms with E-state index in [4.69, 9.17) is 18.6 Å². The molecule has 4 atom stereocenters. The fraction of sp³-hybridized carbons (Fsp3) is 0.385. The van der Waals surface area contributed by atoms with Crippen molar-refractivity contribution in [3.8, 4) is 0 Å². The van der Waals surface area contributed by atoms with Crippen LogP contribution in [0.4, 0.5) is 0 Å². The molecule has 45 heavy (non-hydrogen) atoms. The van der Waals surface area contributed by atoms with Gasteiger partial charge in [-0.2, -0.15) is 0 Å². The van der Waals surface area contributed by atoms with Gasteiger partial charge in [0.25, 0.3) is 8.32 Å². The van der Waals surface area contributed by atoms with Crippen LogP contribution in [0, 0.1) is 0 Å². The standard InChI is InChI=1S/C39H48O5Si/c1-38(2,3)45(33-21-13-7-14-22-33,34-23-15-8-16-24-34)43-30-37-39(4,40)27-36(42-29-32-19-11-6-12-20-32)35(44-37)25-26-41-28-31-17-9-5-10-18-31/h5-24,35-37,40H,25-30H2,1-4H3/t35-,36+,37+,39-/m0/s1. The van der Waals surface area contributed by atoms with Gasteiger partial charge in [0.2, 0.25) is 0 Å². The largest absolute Gasteiger partial charge is 0.405 e. The van der Waals surface area contributed by atoms with Crippen LogP contribution in [-0.2, 0) is 31.9 Å². The Hall–Kier alpha value is -3.10. The molecule has 1 fully saturated rings. The van der Waals surface area contributed by atoms with Gasteiger partial charge in [0.1, 0.15) is 6.10 Å². The van der Waals surface area contributed by atoms with Crippen LogP contribution >= 0.6 is 0 Å². The molecule has 6 heteroatoms. The monoisotopic (exact) mass is 624 g/mol. The molecule has 5 rings (SSSR count). The minimum atomic E-state index is -2.81. The van der Waals surface area contributed by atoms with E-state index in [0.717, 1.165) is 11.1 Å². The fourth-order valence-corrected chi connectivity index (χ4v) is 11.0. The van der Waals surface area contributed by atoms with Crippen LogP contribution in [-0.4, -0.2) is 50.6 Å². The number of benzene rings is 4. The van der Waals surface area contributed by atoms with Crippen molar-refractivity contribution in [2.45, 2.75) is 82.7 Å². The third-order valence-corrected chi connectivity index (χ3v) is 13.9. The molecule has 4 aromatic rings. The molecule has 0 bridgehead atoms. The summed E-state index contributed by atoms with van der Waals surface area (Å²) in [6, 6.07) is 41.5. The molecule has 238 valence electrons. The van der Waals surface area contributed by atoms with Gasteiger partial charge in [-0.05, 0) is 39.9 Å². The maximum atomic E-state index is 11.9. The van der Waals surface area contributed by atoms with Gasteiger partial charge in [-0.1, -0.05) is 142 Å². The van der Waals surface area contributed by atoms with Crippen molar-refractivity contribution in [2.24, 2.45) is 0 Å². The van der Waals surface area contributed by atoms with Crippen LogP contribution in [0.2, 0.25) is 5.04 Å². The van der Waals surface area contributed by atoms with E-state index in [9.17, 15) is 5.11 Å². The lowest BCUT2D eigenvalue weighted by atomic mass is 9.86. The van der Waals surface area contributed by atoms with Gasteiger partial charge < -0.3 is 23.7 Å². The Labute approximate surface area is 270 Å². The van der Waals surface area contributed by atoms with Crippen molar-refractivity contribution < 1.29 is 23.7 Å². The highest BCUT2D eigenvalue weighted by Crippen LogP contribution is 2.39. The highest BCUT2D eigenvalue weighted by Gasteiger charge is 2.52. The summed E-state index contributed by atoms with van der Waals surface area (Å²) in [6.45, 7) is 10.4. The number of ether oxygens (including phenoxy) is 3. The summed E-state index contributed by atoms with van der Waals surface area (Å²) in [6.07, 6.45) is 0.0210. The van der Waals surface area contributed by atoms with E-state index in [2.05, 4.69) is 93.6 Å². The molecule has 0 unspecified atom stereocenters. The normalized spacial score (nSPS) is 22.3. The number of aliphatic hydroxyl groups is 1. The molecule has 1 aliphatic heterocycles. The summed E-state index contributed by atoms with van der Waals surface area (Å²) in [5.74, 6) is 0. The first-order valence-corrected chi connectivity index (χ1v) is 18.0. The Balaban J connectivity index is 1.36. The second-order valence-corrected chi connectivity index (χ2v) is 17.7. The molecule has 0 radical (unpaired) electrons. The first kappa shape index (κ1) is 33.3. The molecule has 1 N–H and O–H groups in total. The molecule has 4 aromatic carbocycles. The lowest BCUT2D eigenvalue weighted by Gasteiger charge is -2.48. The number of hydrogen-bond acceptors (Lipinski definition) is 5. The average Bonchev–Trinajstić information content (AvgIpc) is 3.05. The van der Waals surface area contributed by atoms with E-state index in [0.29, 0.717) is 32.7 Å². The fourth-order valence-electron chi connectivity index (χ4n) is 6.46. The zero-order valence-corrected chi connectivity index (χ0v) is 28.1. The van der Waals surface area contributed by atoms with Crippen LogP contribution in [0.1, 0.15) is 51.7 Å². The third kappa shape index (κ3) is 8.19. The summed E-state index contributed by atoms with van der Waals surface area (Å²) in [5.41, 5.74) is 1.08. The van der Waals surface area contributed by atoms with Crippen molar-refractivity contribution >= 4 is 18.7 Å². The van der Waals surface area contributed by atoms with Crippen LogP contribution < -0.4 is 10.4 Å². The van der Waals surface area contributed by atoms with Gasteiger partial charge in [0, 0.05) is 13.0 Å². The molecule has 0 spiro atoms. The molecule has 1 heterocycles. The van der Waals surface area contributed by atoms with E-state index >= 15 is 0 Å². The summed E-state index contributed by atoms with van der Waals surface area (Å²) < 4.78 is 26.5. The van der Waals surface area contributed by atoms with Crippen molar-refractivity contribution in [3.05, 3.63) is 132 Å². The maximum Gasteiger partial charge on any atom is 0.261 e. The maximum absolute atomic E-state index is 11.9. The van der Waals surface area contributed by atoms with Crippen LogP contribution in [0.15, 0.2) is 121 Å². The Morgan fingerprint density at radius 3 is 1.76 bits per heavy atom. The van der Waals surface area contributed by atoms with Gasteiger partial charge in [0.15, 0.2) is 0 Å². The molecule has 0 aromatic heterocycles. The quantitative estimate of drug-likeness (QED) is 0.133. The van der Waals surface area contributed by atoms with Gasteiger partial charge in [0.05, 0.1) is 37.6 Å². The zero-order valence-electron chi connectivity index (χ0n) is 27.1. The molecular formula is C39H48O5Si. The Bertz CT molecular complexity index is 1380. The highest BCUT2D eigenvalue weighted by atomic mass is 28.4. The lowest BCUT2D eigenvalue weighted by molar-refractivity contribution is -0.233. The molecule has 1 aliphatic rings. The third-order valence-electron chi connectivity index (χ3n) is 8.90. The molecule has 5 nitrogen and oxygen atoms in total. The zero-order chi connectivity index (χ0) is 31.8. The second kappa shape index (κ2) is 15.0. The minimum absolute atomic E-state index is 0.178. The van der Waals surface area contributed by atoms with Crippen molar-refractivity contribution in [3.63, 3.8) is 0 Å². The molecule has 0 aliphatic carbocycles. The van der Waals surface area contributed by atoms with E-state index in [-0.39, 0.29) is 23.9 Å². The topological polar surface area (TPSA) is 57.2 Å². The molecule has 0 amide bonds. The SMILES string of the molecule is CC(C)(C)[Si](OC[C@H]1O[C@@H](CCOCc2ccccc2)[C@H](OCc2ccccc2)C[C@]1(C)O)(c1ccccc1)c1ccccc1. The summed E-state index contributed by atoms with van der Waals surface area (Å²) in [7, 11) is -2.81. The minimum Gasteiger partial charge on any atom is -0.405 e. The number of rotatable bonds is 13. The van der Waals surface area contributed by atoms with Crippen LogP contribution in [0.3, 0.4) is 0 Å². The van der Waals surface area contributed by atoms with E-state index in [1.54, 1.807) is 0 Å². The smallest absolute Gasteiger partial charge is 0.261 e. The number of hydrogen-bond donors (Lipinski definition) is 1. The van der Waals surface area contributed by atoms with Crippen molar-refractivity contribution in [1.82, 2.24) is 0 Å². The van der Waals surface area contributed by atoms with Gasteiger partial charge >= 0.3 is 0 Å². The summed E-state index contributed by atoms with van der Waals surface area (Å²) in [4.78, 5) is 0. The molecule has 0 saturated carbocycles. The average molecular weight is 625 g/mol. The van der Waals surface area contributed by atoms with Gasteiger partial charge in [-0.15, -0.1) is 0 Å². The Morgan fingerprint density at radius 1 is 0.756 bits per heavy atom. The van der Waals surface area contributed by atoms with Gasteiger partial charge in [-0.3, -0.25) is 0 Å². The summed E-state index contributed by atoms with van der Waals surface area (Å²) in [5, 5.41) is 14.1. The van der Waals surface area contributed by atoms with Gasteiger partial charge in [-0.25, -0.2) is 0 Å². The Kier molecular flexibility index (Phi) is 11.1. The Morgan fingerprint density at radius 2 is 1.24 bits per heavy atom. The van der Waals surface area contributed by atoms with Crippen LogP contribution in [0.5, 0.6) is 0 Å². The first-order chi connectivity index (χ1) is 21.7. The lowest BCUT2D eigenvalue weighted by Crippen LogP contribution is -2.68. The highest BCUT2D eigenvalue weighted by molar-refractivity contribution is 6.99. The van der Waals surface area contributed by atoms with Crippen molar-refractivity contribution in [2.75, 3.05) is 13.2 Å². The molecular weight excluding hydrogens is 577 g/mol. The van der Waals surface area contributed by atoms with Crippen LogP contribution in [0.25, 0.3) is 0 Å².